The first-order valence-corrected chi connectivity index (χ1v) is 5.57. The summed E-state index contributed by atoms with van der Waals surface area (Å²) in [5, 5.41) is 0. The van der Waals surface area contributed by atoms with Crippen LogP contribution < -0.4 is 0 Å². The third-order valence-electron chi connectivity index (χ3n) is 2.66. The standard InChI is InChI=1S/C12H25NO/c1-11(2,3)13-7-10(8-13)9-14-12(4,5)6/h10H,7-9H2,1-6H3. The van der Waals surface area contributed by atoms with Crippen molar-refractivity contribution in [2.24, 2.45) is 5.92 Å². The Morgan fingerprint density at radius 3 is 1.93 bits per heavy atom. The normalized spacial score (nSPS) is 21.0. The molecule has 0 radical (unpaired) electrons. The first kappa shape index (κ1) is 12.0. The first-order chi connectivity index (χ1) is 6.18. The van der Waals surface area contributed by atoms with Crippen LogP contribution in [0.1, 0.15) is 41.5 Å². The molecule has 1 saturated heterocycles. The fraction of sp³-hybridized carbons (Fsp3) is 1.00. The van der Waals surface area contributed by atoms with Crippen LogP contribution in [0.2, 0.25) is 0 Å². The number of hydrogen-bond acceptors (Lipinski definition) is 2. The van der Waals surface area contributed by atoms with Gasteiger partial charge in [-0.2, -0.15) is 0 Å². The lowest BCUT2D eigenvalue weighted by atomic mass is 9.93. The van der Waals surface area contributed by atoms with E-state index in [1.165, 1.54) is 13.1 Å². The van der Waals surface area contributed by atoms with E-state index in [1.807, 2.05) is 0 Å². The molecule has 0 atom stereocenters. The zero-order chi connectivity index (χ0) is 11.0. The van der Waals surface area contributed by atoms with Gasteiger partial charge >= 0.3 is 0 Å². The van der Waals surface area contributed by atoms with Gasteiger partial charge in [0.05, 0.1) is 12.2 Å². The highest BCUT2D eigenvalue weighted by Crippen LogP contribution is 2.26. The molecule has 0 amide bonds. The molecule has 0 bridgehead atoms. The summed E-state index contributed by atoms with van der Waals surface area (Å²) in [7, 11) is 0. The summed E-state index contributed by atoms with van der Waals surface area (Å²) in [5.41, 5.74) is 0.348. The second-order valence-electron chi connectivity index (χ2n) is 6.37. The van der Waals surface area contributed by atoms with Crippen molar-refractivity contribution in [3.8, 4) is 0 Å². The summed E-state index contributed by atoms with van der Waals surface area (Å²) in [5.74, 6) is 0.744. The van der Waals surface area contributed by atoms with E-state index in [0.29, 0.717) is 5.54 Å². The Hall–Kier alpha value is -0.0800. The summed E-state index contributed by atoms with van der Waals surface area (Å²) in [6.45, 7) is 16.5. The van der Waals surface area contributed by atoms with Gasteiger partial charge in [-0.1, -0.05) is 0 Å². The summed E-state index contributed by atoms with van der Waals surface area (Å²) in [6, 6.07) is 0. The van der Waals surface area contributed by atoms with E-state index in [1.54, 1.807) is 0 Å². The van der Waals surface area contributed by atoms with Crippen molar-refractivity contribution in [2.45, 2.75) is 52.7 Å². The molecule has 84 valence electrons. The first-order valence-electron chi connectivity index (χ1n) is 5.57. The fourth-order valence-electron chi connectivity index (χ4n) is 1.59. The Morgan fingerprint density at radius 2 is 1.57 bits per heavy atom. The van der Waals surface area contributed by atoms with Crippen LogP contribution in [0.4, 0.5) is 0 Å². The summed E-state index contributed by atoms with van der Waals surface area (Å²) >= 11 is 0. The van der Waals surface area contributed by atoms with Gasteiger partial charge in [0, 0.05) is 24.5 Å². The second kappa shape index (κ2) is 3.82. The van der Waals surface area contributed by atoms with Crippen LogP contribution in [-0.4, -0.2) is 35.7 Å². The average molecular weight is 199 g/mol. The monoisotopic (exact) mass is 199 g/mol. The molecule has 0 aromatic heterocycles. The number of likely N-dealkylation sites (tertiary alicyclic amines) is 1. The maximum atomic E-state index is 5.77. The third kappa shape index (κ3) is 3.58. The minimum atomic E-state index is 0.0160. The SMILES string of the molecule is CC(C)(C)OCC1CN(C(C)(C)C)C1. The lowest BCUT2D eigenvalue weighted by Gasteiger charge is -2.48. The van der Waals surface area contributed by atoms with Crippen molar-refractivity contribution in [3.05, 3.63) is 0 Å². The zero-order valence-electron chi connectivity index (χ0n) is 10.6. The molecular formula is C12H25NO. The maximum Gasteiger partial charge on any atom is 0.0598 e. The number of nitrogens with zero attached hydrogens (tertiary/aromatic N) is 1. The molecule has 2 heteroatoms. The van der Waals surface area contributed by atoms with Crippen molar-refractivity contribution >= 4 is 0 Å². The molecule has 1 rings (SSSR count). The molecule has 0 aliphatic carbocycles. The molecule has 14 heavy (non-hydrogen) atoms. The molecule has 1 heterocycles. The Morgan fingerprint density at radius 1 is 1.07 bits per heavy atom. The van der Waals surface area contributed by atoms with Gasteiger partial charge in [0.1, 0.15) is 0 Å². The van der Waals surface area contributed by atoms with Gasteiger partial charge in [-0.25, -0.2) is 0 Å². The minimum Gasteiger partial charge on any atom is -0.375 e. The Balaban J connectivity index is 2.17. The van der Waals surface area contributed by atoms with Gasteiger partial charge in [0.15, 0.2) is 0 Å². The Kier molecular flexibility index (Phi) is 3.27. The lowest BCUT2D eigenvalue weighted by Crippen LogP contribution is -2.57. The molecule has 0 aromatic carbocycles. The summed E-state index contributed by atoms with van der Waals surface area (Å²) in [4.78, 5) is 2.50. The molecular weight excluding hydrogens is 174 g/mol. The maximum absolute atomic E-state index is 5.77. The van der Waals surface area contributed by atoms with Crippen LogP contribution in [0.3, 0.4) is 0 Å². The average Bonchev–Trinajstić information content (AvgIpc) is 1.76. The second-order valence-corrected chi connectivity index (χ2v) is 6.37. The van der Waals surface area contributed by atoms with Crippen LogP contribution in [0.25, 0.3) is 0 Å². The smallest absolute Gasteiger partial charge is 0.0598 e. The van der Waals surface area contributed by atoms with E-state index >= 15 is 0 Å². The number of rotatable bonds is 2. The molecule has 0 N–H and O–H groups in total. The van der Waals surface area contributed by atoms with E-state index in [4.69, 9.17) is 4.74 Å². The Labute approximate surface area is 88.6 Å². The highest BCUT2D eigenvalue weighted by Gasteiger charge is 2.34. The van der Waals surface area contributed by atoms with Crippen LogP contribution in [0.15, 0.2) is 0 Å². The van der Waals surface area contributed by atoms with Gasteiger partial charge < -0.3 is 4.74 Å². The summed E-state index contributed by atoms with van der Waals surface area (Å²) < 4.78 is 5.77. The number of ether oxygens (including phenoxy) is 1. The van der Waals surface area contributed by atoms with Crippen molar-refractivity contribution in [1.29, 1.82) is 0 Å². The van der Waals surface area contributed by atoms with E-state index in [2.05, 4.69) is 46.4 Å². The predicted molar refractivity (Wildman–Crippen MR) is 60.5 cm³/mol. The molecule has 0 unspecified atom stereocenters. The molecule has 0 spiro atoms. The summed E-state index contributed by atoms with van der Waals surface area (Å²) in [6.07, 6.45) is 0. The van der Waals surface area contributed by atoms with Gasteiger partial charge in [0.25, 0.3) is 0 Å². The molecule has 0 aromatic rings. The van der Waals surface area contributed by atoms with Crippen molar-refractivity contribution in [2.75, 3.05) is 19.7 Å². The molecule has 1 aliphatic rings. The predicted octanol–water partition coefficient (Wildman–Crippen LogP) is 2.53. The van der Waals surface area contributed by atoms with Gasteiger partial charge in [-0.3, -0.25) is 4.90 Å². The highest BCUT2D eigenvalue weighted by atomic mass is 16.5. The Bertz CT molecular complexity index is 179. The van der Waals surface area contributed by atoms with Crippen LogP contribution in [-0.2, 0) is 4.74 Å². The van der Waals surface area contributed by atoms with E-state index in [9.17, 15) is 0 Å². The van der Waals surface area contributed by atoms with Crippen molar-refractivity contribution in [3.63, 3.8) is 0 Å². The topological polar surface area (TPSA) is 12.5 Å². The van der Waals surface area contributed by atoms with Gasteiger partial charge in [0.2, 0.25) is 0 Å². The van der Waals surface area contributed by atoms with E-state index in [-0.39, 0.29) is 5.60 Å². The van der Waals surface area contributed by atoms with Gasteiger partial charge in [-0.05, 0) is 41.5 Å². The quantitative estimate of drug-likeness (QED) is 0.677. The van der Waals surface area contributed by atoms with Gasteiger partial charge in [-0.15, -0.1) is 0 Å². The van der Waals surface area contributed by atoms with Crippen LogP contribution in [0, 0.1) is 5.92 Å². The third-order valence-corrected chi connectivity index (χ3v) is 2.66. The lowest BCUT2D eigenvalue weighted by molar-refractivity contribution is -0.0758. The molecule has 0 saturated carbocycles. The largest absolute Gasteiger partial charge is 0.375 e. The van der Waals surface area contributed by atoms with Crippen LogP contribution in [0.5, 0.6) is 0 Å². The zero-order valence-corrected chi connectivity index (χ0v) is 10.6. The highest BCUT2D eigenvalue weighted by molar-refractivity contribution is 4.88. The fourth-order valence-corrected chi connectivity index (χ4v) is 1.59. The van der Waals surface area contributed by atoms with E-state index < -0.39 is 0 Å². The molecule has 1 aliphatic heterocycles. The number of hydrogen-bond donors (Lipinski definition) is 0. The van der Waals surface area contributed by atoms with E-state index in [0.717, 1.165) is 12.5 Å². The molecule has 2 nitrogen and oxygen atoms in total. The van der Waals surface area contributed by atoms with Crippen molar-refractivity contribution < 1.29 is 4.74 Å². The molecule has 1 fully saturated rings. The minimum absolute atomic E-state index is 0.0160. The van der Waals surface area contributed by atoms with Crippen molar-refractivity contribution in [1.82, 2.24) is 4.90 Å². The van der Waals surface area contributed by atoms with Crippen LogP contribution >= 0.6 is 0 Å².